The summed E-state index contributed by atoms with van der Waals surface area (Å²) < 4.78 is 33.3. The van der Waals surface area contributed by atoms with Gasteiger partial charge in [0.15, 0.2) is 37.0 Å². The zero-order chi connectivity index (χ0) is 33.0. The Kier molecular flexibility index (Phi) is 8.80. The van der Waals surface area contributed by atoms with Crippen LogP contribution in [-0.2, 0) is 34.9 Å². The van der Waals surface area contributed by atoms with E-state index in [1.165, 1.54) is 32.4 Å². The zero-order valence-electron chi connectivity index (χ0n) is 25.0. The maximum absolute atomic E-state index is 13.9. The summed E-state index contributed by atoms with van der Waals surface area (Å²) in [4.78, 5) is 51.9. The maximum Gasteiger partial charge on any atom is 0.404 e. The lowest BCUT2D eigenvalue weighted by atomic mass is 9.73. The first-order valence-electron chi connectivity index (χ1n) is 14.6. The molecule has 2 saturated heterocycles. The van der Waals surface area contributed by atoms with Crippen LogP contribution in [0.5, 0.6) is 17.2 Å². The molecule has 4 aliphatic rings. The smallest absolute Gasteiger partial charge is 0.404 e. The topological polar surface area (TPSA) is 196 Å². The van der Waals surface area contributed by atoms with E-state index in [4.69, 9.17) is 40.0 Å². The van der Waals surface area contributed by atoms with Gasteiger partial charge in [0.25, 0.3) is 0 Å². The van der Waals surface area contributed by atoms with E-state index in [9.17, 15) is 34.5 Å². The van der Waals surface area contributed by atoms with Crippen LogP contribution < -0.4 is 10.1 Å². The minimum Gasteiger partial charge on any atom is -0.507 e. The summed E-state index contributed by atoms with van der Waals surface area (Å²) in [5, 5.41) is 36.6. The van der Waals surface area contributed by atoms with E-state index < -0.39 is 95.0 Å². The van der Waals surface area contributed by atoms with Crippen LogP contribution >= 0.6 is 11.6 Å². The van der Waals surface area contributed by atoms with Crippen LogP contribution in [0.4, 0.5) is 4.79 Å². The van der Waals surface area contributed by atoms with Crippen molar-refractivity contribution in [3.63, 3.8) is 0 Å². The Morgan fingerprint density at radius 1 is 1.07 bits per heavy atom. The van der Waals surface area contributed by atoms with Gasteiger partial charge in [-0.1, -0.05) is 12.1 Å². The van der Waals surface area contributed by atoms with Crippen LogP contribution in [0.15, 0.2) is 18.2 Å². The molecule has 2 aliphatic heterocycles. The van der Waals surface area contributed by atoms with Crippen molar-refractivity contribution < 1.29 is 62.9 Å². The quantitative estimate of drug-likeness (QED) is 0.156. The van der Waals surface area contributed by atoms with Crippen LogP contribution in [0.2, 0.25) is 0 Å². The molecule has 4 N–H and O–H groups in total. The van der Waals surface area contributed by atoms with Gasteiger partial charge in [0, 0.05) is 53.8 Å². The highest BCUT2D eigenvalue weighted by atomic mass is 35.5. The monoisotopic (exact) mass is 661 g/mol. The number of ether oxygens (including phenoxy) is 6. The van der Waals surface area contributed by atoms with Gasteiger partial charge in [0.2, 0.25) is 5.78 Å². The molecule has 15 heteroatoms. The van der Waals surface area contributed by atoms with Crippen LogP contribution in [0.1, 0.15) is 68.8 Å². The number of aromatic hydroxyl groups is 2. The summed E-state index contributed by atoms with van der Waals surface area (Å²) in [7, 11) is 2.68. The van der Waals surface area contributed by atoms with E-state index in [0.717, 1.165) is 0 Å². The Labute approximate surface area is 267 Å². The fraction of sp³-hybridized carbons (Fsp3) is 0.484. The SMILES string of the molecule is COc1cccc2c1C(=O)c1c(O)c3c(c(O)c1C2=O)CC(C(=O)COC(=O)Cl)C[C@@H]3OC1C[C@@H]2N[C@@H]([C@H](O)OC)O[C@@H]2[C@H](C)O1. The van der Waals surface area contributed by atoms with Crippen molar-refractivity contribution in [2.75, 3.05) is 20.8 Å². The highest BCUT2D eigenvalue weighted by Crippen LogP contribution is 2.52. The molecule has 0 amide bonds. The number of phenolic OH excluding ortho intramolecular Hbond substituents is 2. The highest BCUT2D eigenvalue weighted by molar-refractivity contribution is 6.61. The third kappa shape index (κ3) is 5.43. The summed E-state index contributed by atoms with van der Waals surface area (Å²) >= 11 is 5.27. The Balaban J connectivity index is 1.39. The van der Waals surface area contributed by atoms with Crippen molar-refractivity contribution in [2.45, 2.75) is 69.3 Å². The zero-order valence-corrected chi connectivity index (χ0v) is 25.7. The van der Waals surface area contributed by atoms with Gasteiger partial charge in [-0.25, -0.2) is 4.79 Å². The van der Waals surface area contributed by atoms with Gasteiger partial charge in [-0.2, -0.15) is 0 Å². The number of halogens is 1. The summed E-state index contributed by atoms with van der Waals surface area (Å²) in [6.07, 6.45) is -5.08. The molecule has 246 valence electrons. The number of Topliss-reactive ketones (excluding diaryl/α,β-unsaturated/α-hetero) is 1. The molecule has 0 aromatic heterocycles. The van der Waals surface area contributed by atoms with Crippen molar-refractivity contribution >= 4 is 34.4 Å². The van der Waals surface area contributed by atoms with Gasteiger partial charge in [0.1, 0.15) is 23.4 Å². The summed E-state index contributed by atoms with van der Waals surface area (Å²) in [5.74, 6) is -3.92. The lowest BCUT2D eigenvalue weighted by Crippen LogP contribution is -2.50. The summed E-state index contributed by atoms with van der Waals surface area (Å²) in [6, 6.07) is 4.12. The molecule has 2 aromatic rings. The number of rotatable bonds is 8. The number of carbonyl (C=O) groups excluding carboxylic acids is 4. The second-order valence-electron chi connectivity index (χ2n) is 11.6. The summed E-state index contributed by atoms with van der Waals surface area (Å²) in [6.45, 7) is 1.11. The van der Waals surface area contributed by atoms with E-state index in [2.05, 4.69) is 5.32 Å². The lowest BCUT2D eigenvalue weighted by Gasteiger charge is -2.40. The molecule has 8 atom stereocenters. The number of hydrogen-bond donors (Lipinski definition) is 4. The molecule has 6 rings (SSSR count). The molecule has 2 aliphatic carbocycles. The number of ketones is 3. The van der Waals surface area contributed by atoms with Gasteiger partial charge < -0.3 is 43.7 Å². The fourth-order valence-corrected chi connectivity index (χ4v) is 6.92. The van der Waals surface area contributed by atoms with Gasteiger partial charge >= 0.3 is 5.43 Å². The van der Waals surface area contributed by atoms with E-state index >= 15 is 0 Å². The number of methoxy groups -OCH3 is 2. The van der Waals surface area contributed by atoms with Gasteiger partial charge in [-0.3, -0.25) is 19.7 Å². The Bertz CT molecular complexity index is 1610. The van der Waals surface area contributed by atoms with Crippen LogP contribution in [0.3, 0.4) is 0 Å². The fourth-order valence-electron chi connectivity index (χ4n) is 6.87. The molecule has 0 spiro atoms. The minimum atomic E-state index is -1.23. The van der Waals surface area contributed by atoms with Crippen molar-refractivity contribution in [1.29, 1.82) is 0 Å². The maximum atomic E-state index is 13.9. The molecule has 2 aromatic carbocycles. The van der Waals surface area contributed by atoms with Crippen molar-refractivity contribution in [3.05, 3.63) is 51.6 Å². The van der Waals surface area contributed by atoms with Gasteiger partial charge in [-0.15, -0.1) is 0 Å². The molecule has 0 saturated carbocycles. The Morgan fingerprint density at radius 2 is 1.80 bits per heavy atom. The second kappa shape index (κ2) is 12.5. The molecule has 2 unspecified atom stereocenters. The molecule has 2 fully saturated rings. The number of aliphatic hydroxyl groups is 1. The lowest BCUT2D eigenvalue weighted by molar-refractivity contribution is -0.247. The number of aliphatic hydroxyl groups excluding tert-OH is 1. The minimum absolute atomic E-state index is 0.0147. The van der Waals surface area contributed by atoms with E-state index in [1.54, 1.807) is 6.92 Å². The highest BCUT2D eigenvalue weighted by Gasteiger charge is 2.49. The van der Waals surface area contributed by atoms with Gasteiger partial charge in [-0.05, 0) is 25.8 Å². The first kappa shape index (κ1) is 32.3. The van der Waals surface area contributed by atoms with E-state index in [-0.39, 0.29) is 53.3 Å². The number of carbonyl (C=O) groups is 4. The van der Waals surface area contributed by atoms with Crippen molar-refractivity contribution in [1.82, 2.24) is 5.32 Å². The predicted octanol–water partition coefficient (Wildman–Crippen LogP) is 2.23. The third-order valence-electron chi connectivity index (χ3n) is 8.99. The normalized spacial score (nSPS) is 28.8. The van der Waals surface area contributed by atoms with Crippen molar-refractivity contribution in [3.8, 4) is 17.2 Å². The van der Waals surface area contributed by atoms with Crippen LogP contribution in [-0.4, -0.2) is 96.0 Å². The Morgan fingerprint density at radius 3 is 2.50 bits per heavy atom. The molecule has 2 heterocycles. The average molecular weight is 662 g/mol. The molecule has 46 heavy (non-hydrogen) atoms. The van der Waals surface area contributed by atoms with E-state index in [1.807, 2.05) is 0 Å². The second-order valence-corrected chi connectivity index (χ2v) is 11.9. The number of hydrogen-bond acceptors (Lipinski definition) is 14. The third-order valence-corrected chi connectivity index (χ3v) is 9.10. The summed E-state index contributed by atoms with van der Waals surface area (Å²) in [5.41, 5.74) is -2.00. The number of phenols is 2. The van der Waals surface area contributed by atoms with E-state index in [0.29, 0.717) is 0 Å². The number of nitrogens with one attached hydrogen (secondary N) is 1. The van der Waals surface area contributed by atoms with Crippen LogP contribution in [0, 0.1) is 5.92 Å². The first-order chi connectivity index (χ1) is 21.9. The number of fused-ring (bicyclic) bond motifs is 4. The largest absolute Gasteiger partial charge is 0.507 e. The molecular formula is C31H32ClNO13. The van der Waals surface area contributed by atoms with Gasteiger partial charge in [0.05, 0.1) is 36.0 Å². The van der Waals surface area contributed by atoms with Crippen LogP contribution in [0.25, 0.3) is 0 Å². The van der Waals surface area contributed by atoms with Crippen molar-refractivity contribution in [2.24, 2.45) is 5.92 Å². The molecule has 0 bridgehead atoms. The molecule has 0 radical (unpaired) electrons. The standard InChI is InChI=1S/C31H32ClNO13/c1-11-28-15(33-29(46-28)30(39)42-3)9-19(44-11)45-18-8-12(16(34)10-43-31(32)40)7-14-21(18)27(38)23-22(25(14)36)24(35)13-5-4-6-17(41-2)20(13)26(23)37/h4-6,11-12,15,18-19,28-30,33,36,38-39H,7-10H2,1-3H3/t11-,12?,15-,18-,19?,28+,29+,30+/m0/s1. The predicted molar refractivity (Wildman–Crippen MR) is 155 cm³/mol. The Hall–Kier alpha value is -3.63. The molecular weight excluding hydrogens is 630 g/mol. The molecule has 14 nitrogen and oxygen atoms in total. The first-order valence-corrected chi connectivity index (χ1v) is 15.0. The average Bonchev–Trinajstić information content (AvgIpc) is 3.48. The number of benzene rings is 2.